The zero-order valence-corrected chi connectivity index (χ0v) is 9.30. The lowest BCUT2D eigenvalue weighted by atomic mass is 10.0. The van der Waals surface area contributed by atoms with Crippen molar-refractivity contribution >= 4 is 0 Å². The summed E-state index contributed by atoms with van der Waals surface area (Å²) in [6.45, 7) is 3.64. The van der Waals surface area contributed by atoms with Crippen LogP contribution in [0, 0.1) is 0 Å². The molecule has 15 heavy (non-hydrogen) atoms. The van der Waals surface area contributed by atoms with Gasteiger partial charge in [0, 0.05) is 13.5 Å². The van der Waals surface area contributed by atoms with Crippen LogP contribution >= 0.6 is 0 Å². The minimum absolute atomic E-state index is 0.0594. The molecule has 0 saturated carbocycles. The van der Waals surface area contributed by atoms with Gasteiger partial charge < -0.3 is 24.1 Å². The Balaban J connectivity index is 2.09. The largest absolute Gasteiger partial charge is 0.394 e. The monoisotopic (exact) mass is 218 g/mol. The van der Waals surface area contributed by atoms with Crippen LogP contribution in [0.5, 0.6) is 0 Å². The van der Waals surface area contributed by atoms with Gasteiger partial charge in [-0.15, -0.1) is 0 Å². The van der Waals surface area contributed by atoms with Crippen LogP contribution in [0.2, 0.25) is 0 Å². The van der Waals surface area contributed by atoms with E-state index in [1.807, 2.05) is 13.8 Å². The molecule has 0 amide bonds. The smallest absolute Gasteiger partial charge is 0.163 e. The molecule has 0 aliphatic carbocycles. The summed E-state index contributed by atoms with van der Waals surface area (Å²) < 4.78 is 22.1. The Hall–Kier alpha value is -0.200. The highest BCUT2D eigenvalue weighted by Gasteiger charge is 2.49. The molecule has 2 saturated heterocycles. The number of hydrogen-bond acceptors (Lipinski definition) is 5. The fraction of sp³-hybridized carbons (Fsp3) is 1.00. The molecule has 88 valence electrons. The molecule has 0 aromatic carbocycles. The molecule has 2 aliphatic rings. The summed E-state index contributed by atoms with van der Waals surface area (Å²) in [7, 11) is 1.58. The van der Waals surface area contributed by atoms with Crippen LogP contribution in [0.1, 0.15) is 20.3 Å². The molecule has 0 aromatic rings. The molecule has 1 N–H and O–H groups in total. The van der Waals surface area contributed by atoms with Crippen LogP contribution in [-0.4, -0.2) is 49.2 Å². The van der Waals surface area contributed by atoms with Gasteiger partial charge in [0.1, 0.15) is 12.2 Å². The summed E-state index contributed by atoms with van der Waals surface area (Å²) in [6.07, 6.45) is -0.301. The van der Waals surface area contributed by atoms with E-state index in [0.29, 0.717) is 6.42 Å². The van der Waals surface area contributed by atoms with Gasteiger partial charge >= 0.3 is 0 Å². The topological polar surface area (TPSA) is 57.2 Å². The van der Waals surface area contributed by atoms with Crippen LogP contribution in [-0.2, 0) is 18.9 Å². The molecule has 5 heteroatoms. The van der Waals surface area contributed by atoms with Gasteiger partial charge in [-0.1, -0.05) is 0 Å². The molecule has 0 spiro atoms. The molecule has 2 fully saturated rings. The zero-order chi connectivity index (χ0) is 11.1. The van der Waals surface area contributed by atoms with Gasteiger partial charge in [-0.2, -0.15) is 0 Å². The quantitative estimate of drug-likeness (QED) is 0.720. The van der Waals surface area contributed by atoms with Crippen molar-refractivity contribution in [2.75, 3.05) is 13.7 Å². The first-order valence-electron chi connectivity index (χ1n) is 5.20. The highest BCUT2D eigenvalue weighted by molar-refractivity contribution is 4.91. The van der Waals surface area contributed by atoms with Crippen LogP contribution in [0.4, 0.5) is 0 Å². The molecule has 2 heterocycles. The maximum Gasteiger partial charge on any atom is 0.163 e. The van der Waals surface area contributed by atoms with Crippen molar-refractivity contribution in [2.45, 2.75) is 50.7 Å². The number of aliphatic hydroxyl groups is 1. The number of methoxy groups -OCH3 is 1. The average molecular weight is 218 g/mol. The van der Waals surface area contributed by atoms with Gasteiger partial charge in [0.15, 0.2) is 12.1 Å². The predicted octanol–water partition coefficient (Wildman–Crippen LogP) is 0.260. The Kier molecular flexibility index (Phi) is 3.00. The van der Waals surface area contributed by atoms with E-state index >= 15 is 0 Å². The van der Waals surface area contributed by atoms with Crippen molar-refractivity contribution in [1.29, 1.82) is 0 Å². The first-order chi connectivity index (χ1) is 7.05. The molecule has 0 aromatic heterocycles. The van der Waals surface area contributed by atoms with Crippen LogP contribution < -0.4 is 0 Å². The lowest BCUT2D eigenvalue weighted by molar-refractivity contribution is -0.228. The zero-order valence-electron chi connectivity index (χ0n) is 9.30. The fourth-order valence-electron chi connectivity index (χ4n) is 2.18. The van der Waals surface area contributed by atoms with E-state index in [1.54, 1.807) is 7.11 Å². The van der Waals surface area contributed by atoms with E-state index in [9.17, 15) is 5.11 Å². The maximum absolute atomic E-state index is 9.21. The molecule has 0 unspecified atom stereocenters. The van der Waals surface area contributed by atoms with Gasteiger partial charge in [0.05, 0.1) is 12.7 Å². The molecular weight excluding hydrogens is 200 g/mol. The Labute approximate surface area is 89.3 Å². The Morgan fingerprint density at radius 2 is 2.13 bits per heavy atom. The van der Waals surface area contributed by atoms with Crippen LogP contribution in [0.15, 0.2) is 0 Å². The van der Waals surface area contributed by atoms with Gasteiger partial charge in [-0.25, -0.2) is 0 Å². The molecule has 2 rings (SSSR count). The SMILES string of the molecule is CO[C@@H]1C[C@H]2OC(C)(C)O[C@H]2[C@@H](CO)O1. The molecule has 4 atom stereocenters. The van der Waals surface area contributed by atoms with Gasteiger partial charge in [0.2, 0.25) is 0 Å². The molecule has 2 aliphatic heterocycles. The van der Waals surface area contributed by atoms with Crippen molar-refractivity contribution < 1.29 is 24.1 Å². The van der Waals surface area contributed by atoms with Crippen molar-refractivity contribution in [3.8, 4) is 0 Å². The lowest BCUT2D eigenvalue weighted by Gasteiger charge is -2.34. The Morgan fingerprint density at radius 1 is 1.40 bits per heavy atom. The summed E-state index contributed by atoms with van der Waals surface area (Å²) in [4.78, 5) is 0. The summed E-state index contributed by atoms with van der Waals surface area (Å²) in [6, 6.07) is 0. The third kappa shape index (κ3) is 2.16. The van der Waals surface area contributed by atoms with E-state index in [-0.39, 0.29) is 31.2 Å². The highest BCUT2D eigenvalue weighted by Crippen LogP contribution is 2.37. The van der Waals surface area contributed by atoms with E-state index in [0.717, 1.165) is 0 Å². The number of aliphatic hydroxyl groups excluding tert-OH is 1. The number of ether oxygens (including phenoxy) is 4. The fourth-order valence-corrected chi connectivity index (χ4v) is 2.18. The highest BCUT2D eigenvalue weighted by atomic mass is 16.8. The summed E-state index contributed by atoms with van der Waals surface area (Å²) >= 11 is 0. The van der Waals surface area contributed by atoms with Crippen molar-refractivity contribution in [1.82, 2.24) is 0 Å². The lowest BCUT2D eigenvalue weighted by Crippen LogP contribution is -2.48. The van der Waals surface area contributed by atoms with Gasteiger partial charge in [0.25, 0.3) is 0 Å². The molecule has 0 radical (unpaired) electrons. The number of rotatable bonds is 2. The van der Waals surface area contributed by atoms with Gasteiger partial charge in [-0.05, 0) is 13.8 Å². The average Bonchev–Trinajstić information content (AvgIpc) is 2.50. The number of fused-ring (bicyclic) bond motifs is 1. The predicted molar refractivity (Wildman–Crippen MR) is 51.2 cm³/mol. The molecular formula is C10H18O5. The number of hydrogen-bond donors (Lipinski definition) is 1. The van der Waals surface area contributed by atoms with Crippen molar-refractivity contribution in [3.05, 3.63) is 0 Å². The second-order valence-corrected chi connectivity index (χ2v) is 4.40. The second kappa shape index (κ2) is 3.99. The summed E-state index contributed by atoms with van der Waals surface area (Å²) in [5.41, 5.74) is 0. The van der Waals surface area contributed by atoms with E-state index in [2.05, 4.69) is 0 Å². The summed E-state index contributed by atoms with van der Waals surface area (Å²) in [5.74, 6) is -0.602. The van der Waals surface area contributed by atoms with E-state index < -0.39 is 5.79 Å². The van der Waals surface area contributed by atoms with E-state index in [1.165, 1.54) is 0 Å². The Morgan fingerprint density at radius 3 is 2.73 bits per heavy atom. The third-order valence-electron chi connectivity index (χ3n) is 2.78. The minimum atomic E-state index is -0.602. The third-order valence-corrected chi connectivity index (χ3v) is 2.78. The Bertz CT molecular complexity index is 230. The molecule has 0 bridgehead atoms. The van der Waals surface area contributed by atoms with Crippen LogP contribution in [0.3, 0.4) is 0 Å². The van der Waals surface area contributed by atoms with Crippen molar-refractivity contribution in [2.24, 2.45) is 0 Å². The first-order valence-corrected chi connectivity index (χ1v) is 5.20. The second-order valence-electron chi connectivity index (χ2n) is 4.40. The minimum Gasteiger partial charge on any atom is -0.394 e. The van der Waals surface area contributed by atoms with Crippen LogP contribution in [0.25, 0.3) is 0 Å². The first kappa shape index (κ1) is 11.3. The van der Waals surface area contributed by atoms with Gasteiger partial charge in [-0.3, -0.25) is 0 Å². The summed E-state index contributed by atoms with van der Waals surface area (Å²) in [5, 5.41) is 9.21. The normalized spacial score (nSPS) is 44.0. The molecule has 5 nitrogen and oxygen atoms in total. The van der Waals surface area contributed by atoms with E-state index in [4.69, 9.17) is 18.9 Å². The standard InChI is InChI=1S/C10H18O5/c1-10(2)14-6-4-8(12-3)13-7(5-11)9(6)15-10/h6-9,11H,4-5H2,1-3H3/t6-,7-,8+,9-/m1/s1. The van der Waals surface area contributed by atoms with Crippen molar-refractivity contribution in [3.63, 3.8) is 0 Å². The maximum atomic E-state index is 9.21.